The molecule has 8 heteroatoms. The van der Waals surface area contributed by atoms with Gasteiger partial charge in [-0.15, -0.1) is 16.2 Å². The maximum atomic E-state index is 12.0. The fourth-order valence-electron chi connectivity index (χ4n) is 2.85. The van der Waals surface area contributed by atoms with Crippen LogP contribution in [0.25, 0.3) is 0 Å². The highest BCUT2D eigenvalue weighted by Gasteiger charge is 2.13. The Morgan fingerprint density at radius 2 is 1.93 bits per heavy atom. The van der Waals surface area contributed by atoms with Crippen molar-refractivity contribution in [1.29, 1.82) is 0 Å². The number of carbonyl (C=O) groups is 1. The maximum Gasteiger partial charge on any atom is 0.230 e. The van der Waals surface area contributed by atoms with Crippen LogP contribution in [-0.4, -0.2) is 34.1 Å². The molecular weight excluding hydrogens is 388 g/mol. The van der Waals surface area contributed by atoms with Gasteiger partial charge in [0.05, 0.1) is 35.6 Å². The van der Waals surface area contributed by atoms with Crippen molar-refractivity contribution < 1.29 is 9.90 Å². The smallest absolute Gasteiger partial charge is 0.230 e. The van der Waals surface area contributed by atoms with Gasteiger partial charge in [-0.1, -0.05) is 42.5 Å². The summed E-state index contributed by atoms with van der Waals surface area (Å²) in [7, 11) is 0. The van der Waals surface area contributed by atoms with Crippen LogP contribution in [0.3, 0.4) is 0 Å². The Morgan fingerprint density at radius 1 is 1.17 bits per heavy atom. The second-order valence-corrected chi connectivity index (χ2v) is 7.29. The predicted octanol–water partition coefficient (Wildman–Crippen LogP) is 3.58. The van der Waals surface area contributed by atoms with Crippen LogP contribution in [0.4, 0.5) is 5.69 Å². The van der Waals surface area contributed by atoms with E-state index in [1.807, 2.05) is 60.0 Å². The molecule has 2 N–H and O–H groups in total. The molecule has 1 aromatic heterocycles. The molecular formula is C21H22N4O3S. The molecule has 0 aliphatic rings. The number of nitrogens with one attached hydrogen (secondary N) is 1. The minimum Gasteiger partial charge on any atom is -0.386 e. The summed E-state index contributed by atoms with van der Waals surface area (Å²) in [5, 5.41) is 19.3. The van der Waals surface area contributed by atoms with Crippen LogP contribution in [0.2, 0.25) is 0 Å². The number of amides is 1. The molecule has 29 heavy (non-hydrogen) atoms. The number of nitrogens with zero attached hydrogens (tertiary/aromatic N) is 3. The molecule has 3 aromatic rings. The summed E-state index contributed by atoms with van der Waals surface area (Å²) < 4.78 is 0. The van der Waals surface area contributed by atoms with E-state index in [1.165, 1.54) is 16.3 Å². The van der Waals surface area contributed by atoms with Gasteiger partial charge in [0.25, 0.3) is 0 Å². The van der Waals surface area contributed by atoms with Crippen molar-refractivity contribution >= 4 is 22.9 Å². The third kappa shape index (κ3) is 6.48. The lowest BCUT2D eigenvalue weighted by Gasteiger charge is -2.19. The lowest BCUT2D eigenvalue weighted by atomic mass is 10.1. The van der Waals surface area contributed by atoms with Crippen LogP contribution in [-0.2, 0) is 17.6 Å². The summed E-state index contributed by atoms with van der Waals surface area (Å²) in [6.45, 7) is 0.529. The summed E-state index contributed by atoms with van der Waals surface area (Å²) >= 11 is 1.46. The molecule has 0 spiro atoms. The van der Waals surface area contributed by atoms with Crippen LogP contribution >= 0.6 is 11.3 Å². The first kappa shape index (κ1) is 20.6. The second-order valence-electron chi connectivity index (χ2n) is 6.57. The van der Waals surface area contributed by atoms with E-state index >= 15 is 0 Å². The largest absolute Gasteiger partial charge is 0.386 e. The molecule has 0 fully saturated rings. The molecule has 1 heterocycles. The molecule has 0 saturated carbocycles. The highest BCUT2D eigenvalue weighted by atomic mass is 32.1. The van der Waals surface area contributed by atoms with Crippen molar-refractivity contribution in [3.63, 3.8) is 0 Å². The Balaban J connectivity index is 1.47. The molecule has 0 unspecified atom stereocenters. The zero-order valence-corrected chi connectivity index (χ0v) is 16.6. The second kappa shape index (κ2) is 10.4. The lowest BCUT2D eigenvalue weighted by molar-refractivity contribution is -0.115. The van der Waals surface area contributed by atoms with Gasteiger partial charge in [-0.05, 0) is 29.7 Å². The Bertz CT molecular complexity index is 901. The van der Waals surface area contributed by atoms with E-state index in [1.54, 1.807) is 5.51 Å². The van der Waals surface area contributed by atoms with Crippen molar-refractivity contribution in [2.75, 3.05) is 18.4 Å². The van der Waals surface area contributed by atoms with Gasteiger partial charge in [0.2, 0.25) is 5.91 Å². The van der Waals surface area contributed by atoms with Crippen LogP contribution in [0.5, 0.6) is 0 Å². The average Bonchev–Trinajstić information content (AvgIpc) is 3.25. The molecule has 1 amide bonds. The molecule has 0 bridgehead atoms. The van der Waals surface area contributed by atoms with Gasteiger partial charge in [-0.3, -0.25) is 9.80 Å². The molecule has 0 aliphatic carbocycles. The van der Waals surface area contributed by atoms with E-state index in [2.05, 4.69) is 15.6 Å². The Morgan fingerprint density at radius 3 is 2.59 bits per heavy atom. The number of aliphatic hydroxyl groups excluding tert-OH is 1. The van der Waals surface area contributed by atoms with Gasteiger partial charge in [0.15, 0.2) is 0 Å². The molecule has 0 saturated heterocycles. The molecule has 7 nitrogen and oxygen atoms in total. The Kier molecular flexibility index (Phi) is 7.43. The van der Waals surface area contributed by atoms with Crippen LogP contribution in [0, 0.1) is 4.91 Å². The normalized spacial score (nSPS) is 11.6. The molecule has 0 radical (unpaired) electrons. The third-order valence-corrected chi connectivity index (χ3v) is 5.04. The number of carbonyl (C=O) groups excluding carboxylic acids is 1. The number of thiazole rings is 1. The topological polar surface area (TPSA) is 94.9 Å². The molecule has 1 atom stereocenters. The van der Waals surface area contributed by atoms with Crippen molar-refractivity contribution in [3.05, 3.63) is 87.2 Å². The minimum atomic E-state index is -0.774. The number of aliphatic hydroxyl groups is 1. The van der Waals surface area contributed by atoms with E-state index in [-0.39, 0.29) is 18.9 Å². The van der Waals surface area contributed by atoms with Crippen LogP contribution in [0.1, 0.15) is 22.9 Å². The van der Waals surface area contributed by atoms with E-state index in [4.69, 9.17) is 0 Å². The number of benzene rings is 2. The fraction of sp³-hybridized carbons (Fsp3) is 0.238. The SMILES string of the molecule is O=NN(CCc1ccc(NC(=O)Cc2cscn2)cc1)C[C@H](O)c1ccccc1. The van der Waals surface area contributed by atoms with Crippen LogP contribution < -0.4 is 5.32 Å². The number of anilines is 1. The molecule has 3 rings (SSSR count). The van der Waals surface area contributed by atoms with Gasteiger partial charge in [0, 0.05) is 17.6 Å². The van der Waals surface area contributed by atoms with E-state index in [0.717, 1.165) is 16.8 Å². The maximum absolute atomic E-state index is 12.0. The van der Waals surface area contributed by atoms with Gasteiger partial charge in [-0.25, -0.2) is 4.98 Å². The summed E-state index contributed by atoms with van der Waals surface area (Å²) in [4.78, 5) is 27.2. The lowest BCUT2D eigenvalue weighted by Crippen LogP contribution is -2.25. The standard InChI is InChI=1S/C21H22N4O3S/c26-20(17-4-2-1-3-5-17)13-25(24-28)11-10-16-6-8-18(9-7-16)23-21(27)12-19-14-29-15-22-19/h1-9,14-15,20,26H,10-13H2,(H,23,27)/t20-/m0/s1. The molecule has 0 aliphatic heterocycles. The number of hydrogen-bond donors (Lipinski definition) is 2. The number of nitroso groups, excluding NO2 is 1. The van der Waals surface area contributed by atoms with Gasteiger partial charge in [0.1, 0.15) is 0 Å². The van der Waals surface area contributed by atoms with Crippen LogP contribution in [0.15, 0.2) is 70.8 Å². The van der Waals surface area contributed by atoms with E-state index < -0.39 is 6.10 Å². The van der Waals surface area contributed by atoms with Crippen molar-refractivity contribution in [1.82, 2.24) is 9.99 Å². The summed E-state index contributed by atoms with van der Waals surface area (Å²) in [6, 6.07) is 16.6. The fourth-order valence-corrected chi connectivity index (χ4v) is 3.41. The van der Waals surface area contributed by atoms with Gasteiger partial charge < -0.3 is 10.4 Å². The van der Waals surface area contributed by atoms with E-state index in [0.29, 0.717) is 18.7 Å². The van der Waals surface area contributed by atoms with Crippen molar-refractivity contribution in [2.45, 2.75) is 18.9 Å². The molecule has 2 aromatic carbocycles. The first-order chi connectivity index (χ1) is 14.1. The number of hydrogen-bond acceptors (Lipinski definition) is 6. The Hall–Kier alpha value is -3.10. The van der Waals surface area contributed by atoms with E-state index in [9.17, 15) is 14.8 Å². The highest BCUT2D eigenvalue weighted by Crippen LogP contribution is 2.15. The third-order valence-electron chi connectivity index (χ3n) is 4.40. The summed E-state index contributed by atoms with van der Waals surface area (Å²) in [6.07, 6.45) is 0.0686. The predicted molar refractivity (Wildman–Crippen MR) is 113 cm³/mol. The average molecular weight is 410 g/mol. The summed E-state index contributed by atoms with van der Waals surface area (Å²) in [5.74, 6) is -0.116. The van der Waals surface area contributed by atoms with Gasteiger partial charge in [-0.2, -0.15) is 0 Å². The van der Waals surface area contributed by atoms with Crippen molar-refractivity contribution in [2.24, 2.45) is 5.29 Å². The molecule has 150 valence electrons. The first-order valence-electron chi connectivity index (χ1n) is 9.21. The van der Waals surface area contributed by atoms with Crippen molar-refractivity contribution in [3.8, 4) is 0 Å². The minimum absolute atomic E-state index is 0.116. The highest BCUT2D eigenvalue weighted by molar-refractivity contribution is 7.07. The first-order valence-corrected chi connectivity index (χ1v) is 10.2. The Labute approximate surface area is 173 Å². The zero-order chi connectivity index (χ0) is 20.5. The van der Waals surface area contributed by atoms with Gasteiger partial charge >= 0.3 is 0 Å². The number of aromatic nitrogens is 1. The monoisotopic (exact) mass is 410 g/mol. The summed E-state index contributed by atoms with van der Waals surface area (Å²) in [5.41, 5.74) is 4.92. The zero-order valence-electron chi connectivity index (χ0n) is 15.8. The quantitative estimate of drug-likeness (QED) is 0.393. The number of rotatable bonds is 10.